The minimum absolute atomic E-state index is 0.0648. The van der Waals surface area contributed by atoms with Crippen molar-refractivity contribution in [2.45, 2.75) is 31.8 Å². The van der Waals surface area contributed by atoms with Crippen molar-refractivity contribution >= 4 is 5.91 Å². The Bertz CT molecular complexity index is 843. The molecule has 1 aliphatic heterocycles. The highest BCUT2D eigenvalue weighted by atomic mass is 19.1. The molecule has 0 spiro atoms. The zero-order valence-corrected chi connectivity index (χ0v) is 17.4. The lowest BCUT2D eigenvalue weighted by Gasteiger charge is -2.37. The molecule has 1 unspecified atom stereocenters. The molecule has 2 aromatic carbocycles. The predicted octanol–water partition coefficient (Wildman–Crippen LogP) is 3.51. The van der Waals surface area contributed by atoms with Crippen LogP contribution in [0.4, 0.5) is 4.39 Å². The number of amides is 1. The van der Waals surface area contributed by atoms with Crippen molar-refractivity contribution in [2.24, 2.45) is 0 Å². The fraction of sp³-hybridized carbons (Fsp3) is 0.435. The molecule has 0 saturated carbocycles. The van der Waals surface area contributed by atoms with Gasteiger partial charge in [-0.1, -0.05) is 24.3 Å². The molecule has 1 amide bonds. The van der Waals surface area contributed by atoms with Gasteiger partial charge in [0.25, 0.3) is 0 Å². The Morgan fingerprint density at radius 2 is 1.93 bits per heavy atom. The van der Waals surface area contributed by atoms with E-state index in [2.05, 4.69) is 4.90 Å². The van der Waals surface area contributed by atoms with E-state index in [0.29, 0.717) is 30.0 Å². The Hall–Kier alpha value is -2.60. The van der Waals surface area contributed by atoms with Gasteiger partial charge in [0.05, 0.1) is 20.6 Å². The number of nitrogens with zero attached hydrogens (tertiary/aromatic N) is 2. The Balaban J connectivity index is 1.61. The maximum Gasteiger partial charge on any atom is 0.227 e. The highest BCUT2D eigenvalue weighted by Crippen LogP contribution is 2.28. The summed E-state index contributed by atoms with van der Waals surface area (Å²) in [6.45, 7) is 2.24. The summed E-state index contributed by atoms with van der Waals surface area (Å²) in [6.07, 6.45) is 2.26. The standard InChI is InChI=1S/C23H29FN2O3/c1-25(23(27)14-17-10-11-21(28-2)22(13-17)29-3)19-8-6-12-26(16-19)15-18-7-4-5-9-20(18)24/h4-5,7,9-11,13,19H,6,8,12,14-16H2,1-3H3. The van der Waals surface area contributed by atoms with Crippen LogP contribution < -0.4 is 9.47 Å². The number of rotatable bonds is 7. The number of likely N-dealkylation sites (tertiary alicyclic amines) is 1. The van der Waals surface area contributed by atoms with Gasteiger partial charge < -0.3 is 14.4 Å². The molecule has 0 aliphatic carbocycles. The Kier molecular flexibility index (Phi) is 7.09. The lowest BCUT2D eigenvalue weighted by atomic mass is 10.0. The molecule has 0 bridgehead atoms. The van der Waals surface area contributed by atoms with Crippen LogP contribution in [0.2, 0.25) is 0 Å². The van der Waals surface area contributed by atoms with Crippen LogP contribution in [0.15, 0.2) is 42.5 Å². The summed E-state index contributed by atoms with van der Waals surface area (Å²) in [5.74, 6) is 1.16. The lowest BCUT2D eigenvalue weighted by Crippen LogP contribution is -2.48. The summed E-state index contributed by atoms with van der Waals surface area (Å²) < 4.78 is 24.6. The quantitative estimate of drug-likeness (QED) is 0.713. The second-order valence-corrected chi connectivity index (χ2v) is 7.49. The highest BCUT2D eigenvalue weighted by molar-refractivity contribution is 5.79. The van der Waals surface area contributed by atoms with E-state index in [1.54, 1.807) is 20.3 Å². The van der Waals surface area contributed by atoms with Crippen molar-refractivity contribution in [3.63, 3.8) is 0 Å². The summed E-state index contributed by atoms with van der Waals surface area (Å²) in [5.41, 5.74) is 1.59. The van der Waals surface area contributed by atoms with Crippen LogP contribution >= 0.6 is 0 Å². The molecule has 1 aliphatic rings. The van der Waals surface area contributed by atoms with Crippen LogP contribution in [0.1, 0.15) is 24.0 Å². The molecule has 29 heavy (non-hydrogen) atoms. The summed E-state index contributed by atoms with van der Waals surface area (Å²) >= 11 is 0. The minimum Gasteiger partial charge on any atom is -0.493 e. The number of halogens is 1. The maximum atomic E-state index is 14.0. The average Bonchev–Trinajstić information content (AvgIpc) is 2.75. The first-order valence-corrected chi connectivity index (χ1v) is 9.94. The average molecular weight is 400 g/mol. The van der Waals surface area contributed by atoms with Crippen molar-refractivity contribution in [3.05, 3.63) is 59.4 Å². The van der Waals surface area contributed by atoms with Gasteiger partial charge in [0.2, 0.25) is 5.91 Å². The van der Waals surface area contributed by atoms with Crippen LogP contribution in [-0.4, -0.2) is 56.1 Å². The summed E-state index contributed by atoms with van der Waals surface area (Å²) in [4.78, 5) is 16.9. The fourth-order valence-electron chi connectivity index (χ4n) is 3.85. The number of hydrogen-bond acceptors (Lipinski definition) is 4. The van der Waals surface area contributed by atoms with Gasteiger partial charge >= 0.3 is 0 Å². The molecule has 156 valence electrons. The van der Waals surface area contributed by atoms with Crippen LogP contribution in [0.5, 0.6) is 11.5 Å². The monoisotopic (exact) mass is 400 g/mol. The molecule has 5 nitrogen and oxygen atoms in total. The first kappa shape index (κ1) is 21.1. The van der Waals surface area contributed by atoms with Crippen LogP contribution in [0.3, 0.4) is 0 Å². The molecule has 0 N–H and O–H groups in total. The second-order valence-electron chi connectivity index (χ2n) is 7.49. The third kappa shape index (κ3) is 5.26. The number of methoxy groups -OCH3 is 2. The van der Waals surface area contributed by atoms with Gasteiger partial charge in [-0.05, 0) is 43.1 Å². The molecular formula is C23H29FN2O3. The number of carbonyl (C=O) groups excluding carboxylic acids is 1. The van der Waals surface area contributed by atoms with E-state index < -0.39 is 0 Å². The molecule has 3 rings (SSSR count). The molecular weight excluding hydrogens is 371 g/mol. The normalized spacial score (nSPS) is 17.0. The van der Waals surface area contributed by atoms with E-state index in [0.717, 1.165) is 31.5 Å². The zero-order chi connectivity index (χ0) is 20.8. The number of benzene rings is 2. The molecule has 1 heterocycles. The summed E-state index contributed by atoms with van der Waals surface area (Å²) in [7, 11) is 5.04. The molecule has 2 aromatic rings. The van der Waals surface area contributed by atoms with E-state index >= 15 is 0 Å². The summed E-state index contributed by atoms with van der Waals surface area (Å²) in [6, 6.07) is 12.6. The first-order valence-electron chi connectivity index (χ1n) is 9.94. The van der Waals surface area contributed by atoms with Crippen molar-refractivity contribution in [1.29, 1.82) is 0 Å². The first-order chi connectivity index (χ1) is 14.0. The summed E-state index contributed by atoms with van der Waals surface area (Å²) in [5, 5.41) is 0. The molecule has 1 atom stereocenters. The van der Waals surface area contributed by atoms with Crippen molar-refractivity contribution in [2.75, 3.05) is 34.4 Å². The number of hydrogen-bond donors (Lipinski definition) is 0. The molecule has 0 aromatic heterocycles. The highest BCUT2D eigenvalue weighted by Gasteiger charge is 2.26. The predicted molar refractivity (Wildman–Crippen MR) is 111 cm³/mol. The van der Waals surface area contributed by atoms with Gasteiger partial charge in [0.15, 0.2) is 11.5 Å². The van der Waals surface area contributed by atoms with E-state index in [1.807, 2.05) is 42.3 Å². The molecule has 6 heteroatoms. The fourth-order valence-corrected chi connectivity index (χ4v) is 3.85. The number of piperidine rings is 1. The third-order valence-electron chi connectivity index (χ3n) is 5.58. The van der Waals surface area contributed by atoms with Crippen LogP contribution in [0, 0.1) is 5.82 Å². The largest absolute Gasteiger partial charge is 0.493 e. The molecule has 1 saturated heterocycles. The van der Waals surface area contributed by atoms with Gasteiger partial charge in [-0.15, -0.1) is 0 Å². The zero-order valence-electron chi connectivity index (χ0n) is 17.4. The Morgan fingerprint density at radius 1 is 1.17 bits per heavy atom. The van der Waals surface area contributed by atoms with Gasteiger partial charge in [-0.25, -0.2) is 4.39 Å². The van der Waals surface area contributed by atoms with Crippen molar-refractivity contribution in [3.8, 4) is 11.5 Å². The van der Waals surface area contributed by atoms with E-state index in [9.17, 15) is 9.18 Å². The molecule has 0 radical (unpaired) electrons. The van der Waals surface area contributed by atoms with E-state index in [4.69, 9.17) is 9.47 Å². The Labute approximate surface area is 172 Å². The number of carbonyl (C=O) groups is 1. The topological polar surface area (TPSA) is 42.0 Å². The van der Waals surface area contributed by atoms with Crippen LogP contribution in [-0.2, 0) is 17.8 Å². The number of ether oxygens (including phenoxy) is 2. The second kappa shape index (κ2) is 9.74. The SMILES string of the molecule is COc1ccc(CC(=O)N(C)C2CCCN(Cc3ccccc3F)C2)cc1OC. The van der Waals surface area contributed by atoms with Gasteiger partial charge in [-0.3, -0.25) is 9.69 Å². The molecule has 1 fully saturated rings. The van der Waals surface area contributed by atoms with E-state index in [1.165, 1.54) is 6.07 Å². The third-order valence-corrected chi connectivity index (χ3v) is 5.58. The van der Waals surface area contributed by atoms with Crippen molar-refractivity contribution in [1.82, 2.24) is 9.80 Å². The van der Waals surface area contributed by atoms with Crippen LogP contribution in [0.25, 0.3) is 0 Å². The maximum absolute atomic E-state index is 14.0. The van der Waals surface area contributed by atoms with Gasteiger partial charge in [-0.2, -0.15) is 0 Å². The Morgan fingerprint density at radius 3 is 2.66 bits per heavy atom. The van der Waals surface area contributed by atoms with Crippen molar-refractivity contribution < 1.29 is 18.7 Å². The van der Waals surface area contributed by atoms with Gasteiger partial charge in [0.1, 0.15) is 5.82 Å². The van der Waals surface area contributed by atoms with E-state index in [-0.39, 0.29) is 17.8 Å². The number of likely N-dealkylation sites (N-methyl/N-ethyl adjacent to an activating group) is 1. The van der Waals surface area contributed by atoms with Gasteiger partial charge in [0, 0.05) is 31.7 Å². The minimum atomic E-state index is -0.174. The lowest BCUT2D eigenvalue weighted by molar-refractivity contribution is -0.132. The smallest absolute Gasteiger partial charge is 0.227 e.